The van der Waals surface area contributed by atoms with E-state index in [0.29, 0.717) is 6.42 Å². The fourth-order valence-electron chi connectivity index (χ4n) is 2.67. The second-order valence-corrected chi connectivity index (χ2v) is 8.94. The second kappa shape index (κ2) is 8.45. The summed E-state index contributed by atoms with van der Waals surface area (Å²) in [4.78, 5) is 17.2. The molecule has 5 nitrogen and oxygen atoms in total. The van der Waals surface area contributed by atoms with Gasteiger partial charge >= 0.3 is 0 Å². The van der Waals surface area contributed by atoms with E-state index in [1.165, 1.54) is 23.5 Å². The van der Waals surface area contributed by atoms with Crippen molar-refractivity contribution in [2.75, 3.05) is 5.75 Å². The smallest absolute Gasteiger partial charge is 0.252 e. The van der Waals surface area contributed by atoms with Crippen LogP contribution < -0.4 is 5.32 Å². The number of carbonyl (C=O) groups excluding carboxylic acids is 1. The van der Waals surface area contributed by atoms with E-state index in [1.807, 2.05) is 35.7 Å². The Morgan fingerprint density at radius 2 is 1.78 bits per heavy atom. The first-order valence-electron chi connectivity index (χ1n) is 8.61. The van der Waals surface area contributed by atoms with E-state index in [2.05, 4.69) is 10.3 Å². The largest absolute Gasteiger partial charge is 0.346 e. The van der Waals surface area contributed by atoms with Crippen molar-refractivity contribution in [3.8, 4) is 10.6 Å². The molecule has 0 saturated heterocycles. The highest BCUT2D eigenvalue weighted by atomic mass is 32.2. The third-order valence-electron chi connectivity index (χ3n) is 3.94. The SMILES string of the molecule is CCCS(=O)(=O)c1ccccc1C(=O)NCc1csc(-c2ccccc2)n1. The van der Waals surface area contributed by atoms with Crippen molar-refractivity contribution in [2.45, 2.75) is 24.8 Å². The number of thiazole rings is 1. The summed E-state index contributed by atoms with van der Waals surface area (Å²) in [6, 6.07) is 16.1. The number of aromatic nitrogens is 1. The van der Waals surface area contributed by atoms with Crippen LogP contribution in [0.1, 0.15) is 29.4 Å². The van der Waals surface area contributed by atoms with Crippen LogP contribution in [0.5, 0.6) is 0 Å². The highest BCUT2D eigenvalue weighted by Gasteiger charge is 2.21. The Balaban J connectivity index is 1.73. The van der Waals surface area contributed by atoms with Gasteiger partial charge in [0, 0.05) is 10.9 Å². The summed E-state index contributed by atoms with van der Waals surface area (Å²) in [5, 5.41) is 5.55. The second-order valence-electron chi connectivity index (χ2n) is 6.01. The summed E-state index contributed by atoms with van der Waals surface area (Å²) in [6.07, 6.45) is 0.499. The fourth-order valence-corrected chi connectivity index (χ4v) is 5.04. The minimum atomic E-state index is -3.48. The molecule has 2 aromatic carbocycles. The molecule has 3 aromatic rings. The van der Waals surface area contributed by atoms with Crippen molar-refractivity contribution in [1.82, 2.24) is 10.3 Å². The Morgan fingerprint density at radius 3 is 2.52 bits per heavy atom. The Kier molecular flexibility index (Phi) is 6.03. The van der Waals surface area contributed by atoms with Crippen LogP contribution in [0.25, 0.3) is 10.6 Å². The number of amides is 1. The molecule has 0 bridgehead atoms. The maximum atomic E-state index is 12.6. The molecule has 0 aliphatic rings. The predicted molar refractivity (Wildman–Crippen MR) is 108 cm³/mol. The quantitative estimate of drug-likeness (QED) is 0.652. The average Bonchev–Trinajstić information content (AvgIpc) is 3.16. The van der Waals surface area contributed by atoms with Crippen molar-refractivity contribution in [3.63, 3.8) is 0 Å². The summed E-state index contributed by atoms with van der Waals surface area (Å²) < 4.78 is 24.8. The zero-order valence-corrected chi connectivity index (χ0v) is 16.5. The maximum Gasteiger partial charge on any atom is 0.252 e. The molecule has 0 aliphatic carbocycles. The van der Waals surface area contributed by atoms with Crippen LogP contribution in [0.4, 0.5) is 0 Å². The number of nitrogens with one attached hydrogen (secondary N) is 1. The van der Waals surface area contributed by atoms with E-state index in [-0.39, 0.29) is 22.8 Å². The van der Waals surface area contributed by atoms with Crippen molar-refractivity contribution in [3.05, 3.63) is 71.2 Å². The van der Waals surface area contributed by atoms with E-state index >= 15 is 0 Å². The van der Waals surface area contributed by atoms with Gasteiger partial charge in [0.05, 0.1) is 28.5 Å². The normalized spacial score (nSPS) is 11.3. The first-order chi connectivity index (χ1) is 13.0. The van der Waals surface area contributed by atoms with Crippen LogP contribution in [-0.2, 0) is 16.4 Å². The molecule has 0 aliphatic heterocycles. The van der Waals surface area contributed by atoms with Gasteiger partial charge in [-0.1, -0.05) is 49.4 Å². The molecule has 0 saturated carbocycles. The fraction of sp³-hybridized carbons (Fsp3) is 0.200. The minimum Gasteiger partial charge on any atom is -0.346 e. The molecule has 0 atom stereocenters. The van der Waals surface area contributed by atoms with Crippen LogP contribution in [0.3, 0.4) is 0 Å². The number of hydrogen-bond donors (Lipinski definition) is 1. The van der Waals surface area contributed by atoms with Gasteiger partial charge in [0.2, 0.25) is 0 Å². The first kappa shape index (κ1) is 19.3. The number of nitrogens with zero attached hydrogens (tertiary/aromatic N) is 1. The Bertz CT molecular complexity index is 1030. The Labute approximate surface area is 163 Å². The molecule has 3 rings (SSSR count). The maximum absolute atomic E-state index is 12.6. The summed E-state index contributed by atoms with van der Waals surface area (Å²) in [5.74, 6) is -0.399. The molecular weight excluding hydrogens is 380 g/mol. The molecular formula is C20H20N2O3S2. The Hall–Kier alpha value is -2.51. The standard InChI is InChI=1S/C20H20N2O3S2/c1-2-12-27(24,25)18-11-7-6-10-17(18)19(23)21-13-16-14-26-20(22-16)15-8-4-3-5-9-15/h3-11,14H,2,12-13H2,1H3,(H,21,23). The lowest BCUT2D eigenvalue weighted by molar-refractivity contribution is 0.0947. The zero-order chi connectivity index (χ0) is 19.3. The molecule has 0 spiro atoms. The average molecular weight is 401 g/mol. The highest BCUT2D eigenvalue weighted by molar-refractivity contribution is 7.91. The molecule has 27 heavy (non-hydrogen) atoms. The van der Waals surface area contributed by atoms with Gasteiger partial charge in [-0.25, -0.2) is 13.4 Å². The van der Waals surface area contributed by atoms with Gasteiger partial charge in [0.25, 0.3) is 5.91 Å². The topological polar surface area (TPSA) is 76.1 Å². The molecule has 140 valence electrons. The monoisotopic (exact) mass is 400 g/mol. The van der Waals surface area contributed by atoms with Crippen molar-refractivity contribution in [1.29, 1.82) is 0 Å². The van der Waals surface area contributed by atoms with Crippen molar-refractivity contribution >= 4 is 27.1 Å². The number of hydrogen-bond acceptors (Lipinski definition) is 5. The highest BCUT2D eigenvalue weighted by Crippen LogP contribution is 2.23. The van der Waals surface area contributed by atoms with Gasteiger partial charge in [0.15, 0.2) is 9.84 Å². The molecule has 1 amide bonds. The minimum absolute atomic E-state index is 0.0177. The first-order valence-corrected chi connectivity index (χ1v) is 11.1. The lowest BCUT2D eigenvalue weighted by atomic mass is 10.2. The molecule has 0 unspecified atom stereocenters. The van der Waals surface area contributed by atoms with E-state index in [0.717, 1.165) is 16.3 Å². The van der Waals surface area contributed by atoms with Crippen LogP contribution in [0.15, 0.2) is 64.9 Å². The summed E-state index contributed by atoms with van der Waals surface area (Å²) in [6.45, 7) is 2.04. The molecule has 1 aromatic heterocycles. The predicted octanol–water partition coefficient (Wildman–Crippen LogP) is 3.92. The van der Waals surface area contributed by atoms with Gasteiger partial charge in [0.1, 0.15) is 5.01 Å². The van der Waals surface area contributed by atoms with E-state index in [9.17, 15) is 13.2 Å². The van der Waals surface area contributed by atoms with Crippen LogP contribution >= 0.6 is 11.3 Å². The molecule has 0 fully saturated rings. The summed E-state index contributed by atoms with van der Waals surface area (Å²) in [5.41, 5.74) is 1.93. The van der Waals surface area contributed by atoms with Gasteiger partial charge in [-0.15, -0.1) is 11.3 Å². The number of carbonyl (C=O) groups is 1. The number of rotatable bonds is 7. The summed E-state index contributed by atoms with van der Waals surface area (Å²) in [7, 11) is -3.48. The number of sulfone groups is 1. The van der Waals surface area contributed by atoms with Gasteiger partial charge in [-0.3, -0.25) is 4.79 Å². The molecule has 1 heterocycles. The van der Waals surface area contributed by atoms with Crippen molar-refractivity contribution in [2.24, 2.45) is 0 Å². The third kappa shape index (κ3) is 4.61. The van der Waals surface area contributed by atoms with Crippen molar-refractivity contribution < 1.29 is 13.2 Å². The van der Waals surface area contributed by atoms with Gasteiger partial charge in [-0.2, -0.15) is 0 Å². The van der Waals surface area contributed by atoms with Crippen LogP contribution in [0.2, 0.25) is 0 Å². The van der Waals surface area contributed by atoms with Gasteiger partial charge < -0.3 is 5.32 Å². The lowest BCUT2D eigenvalue weighted by Gasteiger charge is -2.10. The molecule has 7 heteroatoms. The third-order valence-corrected chi connectivity index (χ3v) is 6.85. The number of benzene rings is 2. The van der Waals surface area contributed by atoms with Crippen LogP contribution in [0, 0.1) is 0 Å². The van der Waals surface area contributed by atoms with E-state index < -0.39 is 15.7 Å². The van der Waals surface area contributed by atoms with Gasteiger partial charge in [-0.05, 0) is 18.6 Å². The van der Waals surface area contributed by atoms with Crippen LogP contribution in [-0.4, -0.2) is 25.1 Å². The Morgan fingerprint density at radius 1 is 1.07 bits per heavy atom. The molecule has 0 radical (unpaired) electrons. The summed E-state index contributed by atoms with van der Waals surface area (Å²) >= 11 is 1.51. The zero-order valence-electron chi connectivity index (χ0n) is 14.9. The molecule has 1 N–H and O–H groups in total. The van der Waals surface area contributed by atoms with E-state index in [1.54, 1.807) is 19.1 Å². The van der Waals surface area contributed by atoms with E-state index in [4.69, 9.17) is 0 Å². The lowest BCUT2D eigenvalue weighted by Crippen LogP contribution is -2.25.